The van der Waals surface area contributed by atoms with Gasteiger partial charge in [0, 0.05) is 14.3 Å². The first-order valence-corrected chi connectivity index (χ1v) is 10.1. The Bertz CT molecular complexity index is 869. The molecule has 0 radical (unpaired) electrons. The van der Waals surface area contributed by atoms with Gasteiger partial charge in [0.25, 0.3) is 0 Å². The average Bonchev–Trinajstić information content (AvgIpc) is 3.18. The maximum atomic E-state index is 12.3. The Morgan fingerprint density at radius 1 is 1.08 bits per heavy atom. The molecule has 0 unspecified atom stereocenters. The molecule has 1 aromatic carbocycles. The van der Waals surface area contributed by atoms with E-state index in [2.05, 4.69) is 13.0 Å². The Labute approximate surface area is 155 Å². The SMILES string of the molecule is CCCCCCc1cc2sc(C(=O)Oc3ccc(C#N)cc3)cc2s1. The first-order valence-electron chi connectivity index (χ1n) is 8.44. The van der Waals surface area contributed by atoms with Gasteiger partial charge in [0.2, 0.25) is 0 Å². The normalized spacial score (nSPS) is 10.7. The van der Waals surface area contributed by atoms with Crippen molar-refractivity contribution in [3.8, 4) is 11.8 Å². The highest BCUT2D eigenvalue weighted by molar-refractivity contribution is 7.28. The highest BCUT2D eigenvalue weighted by atomic mass is 32.1. The van der Waals surface area contributed by atoms with Crippen LogP contribution in [0.15, 0.2) is 36.4 Å². The van der Waals surface area contributed by atoms with Crippen LogP contribution in [0.2, 0.25) is 0 Å². The van der Waals surface area contributed by atoms with E-state index in [0.717, 1.165) is 15.8 Å². The van der Waals surface area contributed by atoms with Gasteiger partial charge in [-0.15, -0.1) is 22.7 Å². The number of carbonyl (C=O) groups is 1. The monoisotopic (exact) mass is 369 g/mol. The Morgan fingerprint density at radius 2 is 1.84 bits per heavy atom. The fraction of sp³-hybridized carbons (Fsp3) is 0.300. The third kappa shape index (κ3) is 4.47. The number of esters is 1. The van der Waals surface area contributed by atoms with Crippen LogP contribution in [-0.4, -0.2) is 5.97 Å². The van der Waals surface area contributed by atoms with Gasteiger partial charge in [-0.1, -0.05) is 26.2 Å². The number of thiophene rings is 2. The predicted molar refractivity (Wildman–Crippen MR) is 104 cm³/mol. The molecule has 0 aliphatic rings. The van der Waals surface area contributed by atoms with Crippen molar-refractivity contribution < 1.29 is 9.53 Å². The minimum absolute atomic E-state index is 0.345. The van der Waals surface area contributed by atoms with Gasteiger partial charge in [0.15, 0.2) is 0 Å². The van der Waals surface area contributed by atoms with Crippen molar-refractivity contribution in [2.24, 2.45) is 0 Å². The van der Waals surface area contributed by atoms with Gasteiger partial charge in [-0.05, 0) is 49.2 Å². The summed E-state index contributed by atoms with van der Waals surface area (Å²) in [4.78, 5) is 14.3. The summed E-state index contributed by atoms with van der Waals surface area (Å²) in [5.41, 5.74) is 0.544. The smallest absolute Gasteiger partial charge is 0.353 e. The molecular weight excluding hydrogens is 350 g/mol. The summed E-state index contributed by atoms with van der Waals surface area (Å²) in [5.74, 6) is 0.111. The third-order valence-electron chi connectivity index (χ3n) is 3.93. The molecule has 3 aromatic rings. The van der Waals surface area contributed by atoms with Crippen molar-refractivity contribution in [1.29, 1.82) is 5.26 Å². The van der Waals surface area contributed by atoms with Crippen LogP contribution >= 0.6 is 22.7 Å². The molecule has 25 heavy (non-hydrogen) atoms. The van der Waals surface area contributed by atoms with E-state index >= 15 is 0 Å². The zero-order chi connectivity index (χ0) is 17.6. The molecule has 0 aliphatic heterocycles. The summed E-state index contributed by atoms with van der Waals surface area (Å²) >= 11 is 3.25. The van der Waals surface area contributed by atoms with Crippen molar-refractivity contribution in [3.05, 3.63) is 51.7 Å². The summed E-state index contributed by atoms with van der Waals surface area (Å²) in [6, 6.07) is 12.7. The molecule has 5 heteroatoms. The molecule has 3 rings (SSSR count). The van der Waals surface area contributed by atoms with E-state index in [-0.39, 0.29) is 5.97 Å². The number of carbonyl (C=O) groups excluding carboxylic acids is 1. The van der Waals surface area contributed by atoms with Crippen LogP contribution in [-0.2, 0) is 6.42 Å². The molecule has 0 atom stereocenters. The fourth-order valence-electron chi connectivity index (χ4n) is 2.59. The molecular formula is C20H19NO2S2. The van der Waals surface area contributed by atoms with Gasteiger partial charge in [-0.3, -0.25) is 0 Å². The molecule has 0 N–H and O–H groups in total. The van der Waals surface area contributed by atoms with Crippen LogP contribution < -0.4 is 4.74 Å². The number of unbranched alkanes of at least 4 members (excludes halogenated alkanes) is 3. The van der Waals surface area contributed by atoms with Crippen molar-refractivity contribution >= 4 is 38.0 Å². The molecule has 2 aromatic heterocycles. The largest absolute Gasteiger partial charge is 0.422 e. The molecule has 0 saturated carbocycles. The second-order valence-electron chi connectivity index (χ2n) is 5.89. The molecule has 0 saturated heterocycles. The second-order valence-corrected chi connectivity index (χ2v) is 8.14. The lowest BCUT2D eigenvalue weighted by atomic mass is 10.1. The van der Waals surface area contributed by atoms with E-state index in [0.29, 0.717) is 16.2 Å². The van der Waals surface area contributed by atoms with E-state index in [4.69, 9.17) is 10.00 Å². The Hall–Kier alpha value is -2.16. The predicted octanol–water partition coefficient (Wildman–Crippen LogP) is 6.18. The lowest BCUT2D eigenvalue weighted by molar-refractivity contribution is 0.0740. The van der Waals surface area contributed by atoms with Gasteiger partial charge in [0.05, 0.1) is 11.6 Å². The number of nitriles is 1. The highest BCUT2D eigenvalue weighted by Gasteiger charge is 2.15. The van der Waals surface area contributed by atoms with Crippen molar-refractivity contribution in [2.75, 3.05) is 0 Å². The summed E-state index contributed by atoms with van der Waals surface area (Å²) in [5, 5.41) is 8.79. The van der Waals surface area contributed by atoms with E-state index in [1.165, 1.54) is 41.9 Å². The molecule has 128 valence electrons. The number of rotatable bonds is 7. The zero-order valence-corrected chi connectivity index (χ0v) is 15.7. The molecule has 0 aliphatic carbocycles. The zero-order valence-electron chi connectivity index (χ0n) is 14.1. The summed E-state index contributed by atoms with van der Waals surface area (Å²) in [7, 11) is 0. The first kappa shape index (κ1) is 17.7. The molecule has 2 heterocycles. The number of fused-ring (bicyclic) bond motifs is 1. The maximum Gasteiger partial charge on any atom is 0.353 e. The van der Waals surface area contributed by atoms with Crippen molar-refractivity contribution in [3.63, 3.8) is 0 Å². The first-order chi connectivity index (χ1) is 12.2. The standard InChI is InChI=1S/C20H19NO2S2/c1-2-3-4-5-6-16-11-17-18(24-16)12-19(25-17)20(22)23-15-9-7-14(13-21)8-10-15/h7-12H,2-6H2,1H3. The summed E-state index contributed by atoms with van der Waals surface area (Å²) < 4.78 is 7.70. The van der Waals surface area contributed by atoms with Crippen LogP contribution in [0.3, 0.4) is 0 Å². The number of benzene rings is 1. The number of hydrogen-bond acceptors (Lipinski definition) is 5. The number of nitrogens with zero attached hydrogens (tertiary/aromatic N) is 1. The van der Waals surface area contributed by atoms with E-state index in [1.807, 2.05) is 12.1 Å². The van der Waals surface area contributed by atoms with Gasteiger partial charge in [0.1, 0.15) is 10.6 Å². The molecule has 0 spiro atoms. The fourth-order valence-corrected chi connectivity index (χ4v) is 4.93. The molecule has 0 bridgehead atoms. The van der Waals surface area contributed by atoms with Crippen LogP contribution in [0.25, 0.3) is 9.40 Å². The summed E-state index contributed by atoms with van der Waals surface area (Å²) in [6.07, 6.45) is 6.19. The Kier molecular flexibility index (Phi) is 5.85. The van der Waals surface area contributed by atoms with Gasteiger partial charge in [-0.2, -0.15) is 5.26 Å². The maximum absolute atomic E-state index is 12.3. The second kappa shape index (κ2) is 8.28. The number of ether oxygens (including phenoxy) is 1. The van der Waals surface area contributed by atoms with Crippen LogP contribution in [0.1, 0.15) is 52.7 Å². The Morgan fingerprint density at radius 3 is 2.52 bits per heavy atom. The third-order valence-corrected chi connectivity index (χ3v) is 6.26. The minimum atomic E-state index is -0.345. The average molecular weight is 370 g/mol. The van der Waals surface area contributed by atoms with E-state index < -0.39 is 0 Å². The van der Waals surface area contributed by atoms with Crippen LogP contribution in [0.5, 0.6) is 5.75 Å². The van der Waals surface area contributed by atoms with Crippen LogP contribution in [0, 0.1) is 11.3 Å². The van der Waals surface area contributed by atoms with Gasteiger partial charge < -0.3 is 4.74 Å². The van der Waals surface area contributed by atoms with Gasteiger partial charge in [-0.25, -0.2) is 4.79 Å². The quantitative estimate of drug-likeness (QED) is 0.284. The number of aryl methyl sites for hydroxylation is 1. The van der Waals surface area contributed by atoms with Crippen molar-refractivity contribution in [2.45, 2.75) is 39.0 Å². The Balaban J connectivity index is 1.63. The van der Waals surface area contributed by atoms with Gasteiger partial charge >= 0.3 is 5.97 Å². The minimum Gasteiger partial charge on any atom is -0.422 e. The molecule has 0 amide bonds. The van der Waals surface area contributed by atoms with Crippen LogP contribution in [0.4, 0.5) is 0 Å². The lowest BCUT2D eigenvalue weighted by Crippen LogP contribution is -2.06. The molecule has 0 fully saturated rings. The van der Waals surface area contributed by atoms with E-state index in [9.17, 15) is 4.79 Å². The van der Waals surface area contributed by atoms with E-state index in [1.54, 1.807) is 35.6 Å². The number of hydrogen-bond donors (Lipinski definition) is 0. The van der Waals surface area contributed by atoms with Crippen molar-refractivity contribution in [1.82, 2.24) is 0 Å². The lowest BCUT2D eigenvalue weighted by Gasteiger charge is -2.02. The summed E-state index contributed by atoms with van der Waals surface area (Å²) in [6.45, 7) is 2.22. The molecule has 3 nitrogen and oxygen atoms in total. The highest BCUT2D eigenvalue weighted by Crippen LogP contribution is 2.34. The topological polar surface area (TPSA) is 50.1 Å².